The molecule has 0 aliphatic heterocycles. The lowest BCUT2D eigenvalue weighted by atomic mass is 10.0. The van der Waals surface area contributed by atoms with Gasteiger partial charge in [0.1, 0.15) is 0 Å². The molecule has 0 bridgehead atoms. The Morgan fingerprint density at radius 3 is 2.95 bits per heavy atom. The number of hydrogen-bond donors (Lipinski definition) is 2. The molecule has 0 unspecified atom stereocenters. The molecule has 0 aromatic carbocycles. The summed E-state index contributed by atoms with van der Waals surface area (Å²) in [6, 6.07) is 3.45. The highest BCUT2D eigenvalue weighted by Gasteiger charge is 2.31. The second-order valence-electron chi connectivity index (χ2n) is 4.90. The Hall–Kier alpha value is -1.62. The zero-order chi connectivity index (χ0) is 13.7. The third-order valence-electron chi connectivity index (χ3n) is 3.40. The summed E-state index contributed by atoms with van der Waals surface area (Å²) in [6.07, 6.45) is 5.07. The van der Waals surface area contributed by atoms with Crippen molar-refractivity contribution in [3.8, 4) is 5.75 Å². The summed E-state index contributed by atoms with van der Waals surface area (Å²) >= 11 is 0. The van der Waals surface area contributed by atoms with E-state index in [9.17, 15) is 9.90 Å². The van der Waals surface area contributed by atoms with Crippen LogP contribution in [0.4, 0.5) is 0 Å². The van der Waals surface area contributed by atoms with E-state index in [0.717, 1.165) is 25.7 Å². The molecule has 1 fully saturated rings. The molecule has 1 aromatic heterocycles. The Kier molecular flexibility index (Phi) is 4.37. The summed E-state index contributed by atoms with van der Waals surface area (Å²) in [7, 11) is 0. The lowest BCUT2D eigenvalue weighted by Gasteiger charge is -2.22. The normalized spacial score (nSPS) is 17.2. The van der Waals surface area contributed by atoms with Gasteiger partial charge in [0, 0.05) is 12.7 Å². The summed E-state index contributed by atoms with van der Waals surface area (Å²) in [5.41, 5.74) is -0.484. The molecular formula is C14H20N2O3. The predicted octanol–water partition coefficient (Wildman–Crippen LogP) is 1.52. The van der Waals surface area contributed by atoms with Crippen LogP contribution in [-0.4, -0.2) is 34.8 Å². The van der Waals surface area contributed by atoms with Crippen molar-refractivity contribution in [3.05, 3.63) is 24.0 Å². The van der Waals surface area contributed by atoms with Gasteiger partial charge in [0.2, 0.25) is 0 Å². The van der Waals surface area contributed by atoms with Crippen molar-refractivity contribution in [1.29, 1.82) is 0 Å². The zero-order valence-electron chi connectivity index (χ0n) is 11.2. The van der Waals surface area contributed by atoms with Crippen molar-refractivity contribution in [2.45, 2.75) is 38.2 Å². The van der Waals surface area contributed by atoms with E-state index in [2.05, 4.69) is 10.3 Å². The predicted molar refractivity (Wildman–Crippen MR) is 71.2 cm³/mol. The van der Waals surface area contributed by atoms with Gasteiger partial charge in [0.05, 0.1) is 12.2 Å². The van der Waals surface area contributed by atoms with Crippen LogP contribution < -0.4 is 10.1 Å². The van der Waals surface area contributed by atoms with Gasteiger partial charge in [-0.3, -0.25) is 4.79 Å². The van der Waals surface area contributed by atoms with E-state index in [1.54, 1.807) is 18.3 Å². The molecule has 0 radical (unpaired) electrons. The average molecular weight is 264 g/mol. The molecule has 19 heavy (non-hydrogen) atoms. The van der Waals surface area contributed by atoms with Crippen molar-refractivity contribution in [3.63, 3.8) is 0 Å². The third-order valence-corrected chi connectivity index (χ3v) is 3.40. The molecule has 1 heterocycles. The van der Waals surface area contributed by atoms with Crippen molar-refractivity contribution in [2.75, 3.05) is 13.2 Å². The maximum absolute atomic E-state index is 12.1. The highest BCUT2D eigenvalue weighted by molar-refractivity contribution is 5.94. The number of rotatable bonds is 5. The van der Waals surface area contributed by atoms with Gasteiger partial charge in [0.15, 0.2) is 11.4 Å². The summed E-state index contributed by atoms with van der Waals surface area (Å²) in [6.45, 7) is 2.61. The number of carbonyl (C=O) groups is 1. The first-order valence-electron chi connectivity index (χ1n) is 6.73. The van der Waals surface area contributed by atoms with Gasteiger partial charge in [-0.25, -0.2) is 4.98 Å². The Labute approximate surface area is 113 Å². The van der Waals surface area contributed by atoms with E-state index in [1.165, 1.54) is 0 Å². The number of hydrogen-bond acceptors (Lipinski definition) is 4. The van der Waals surface area contributed by atoms with Crippen LogP contribution in [-0.2, 0) is 0 Å². The van der Waals surface area contributed by atoms with E-state index in [-0.39, 0.29) is 18.1 Å². The van der Waals surface area contributed by atoms with E-state index in [0.29, 0.717) is 12.4 Å². The minimum absolute atomic E-state index is 0.269. The van der Waals surface area contributed by atoms with Crippen LogP contribution >= 0.6 is 0 Å². The molecule has 0 spiro atoms. The first kappa shape index (κ1) is 13.8. The molecule has 2 rings (SSSR count). The summed E-state index contributed by atoms with van der Waals surface area (Å²) < 4.78 is 5.37. The van der Waals surface area contributed by atoms with Crippen LogP contribution in [0.25, 0.3) is 0 Å². The van der Waals surface area contributed by atoms with Crippen molar-refractivity contribution < 1.29 is 14.6 Å². The number of aliphatic hydroxyl groups is 1. The fraction of sp³-hybridized carbons (Fsp3) is 0.571. The first-order valence-corrected chi connectivity index (χ1v) is 6.73. The lowest BCUT2D eigenvalue weighted by Crippen LogP contribution is -2.41. The summed E-state index contributed by atoms with van der Waals surface area (Å²) in [5.74, 6) is 0.172. The molecule has 0 atom stereocenters. The Bertz CT molecular complexity index is 442. The van der Waals surface area contributed by atoms with E-state index in [4.69, 9.17) is 4.74 Å². The average Bonchev–Trinajstić information content (AvgIpc) is 2.85. The largest absolute Gasteiger partial charge is 0.491 e. The zero-order valence-corrected chi connectivity index (χ0v) is 11.2. The monoisotopic (exact) mass is 264 g/mol. The van der Waals surface area contributed by atoms with Crippen molar-refractivity contribution >= 4 is 5.91 Å². The molecule has 0 saturated heterocycles. The first-order chi connectivity index (χ1) is 9.14. The van der Waals surface area contributed by atoms with Gasteiger partial charge in [0.25, 0.3) is 5.91 Å². The molecule has 5 heteroatoms. The molecule has 1 saturated carbocycles. The van der Waals surface area contributed by atoms with Crippen LogP contribution in [0.1, 0.15) is 43.1 Å². The van der Waals surface area contributed by atoms with Crippen molar-refractivity contribution in [1.82, 2.24) is 10.3 Å². The number of nitrogens with zero attached hydrogens (tertiary/aromatic N) is 1. The highest BCUT2D eigenvalue weighted by atomic mass is 16.5. The highest BCUT2D eigenvalue weighted by Crippen LogP contribution is 2.28. The number of aromatic nitrogens is 1. The second kappa shape index (κ2) is 6.02. The number of ether oxygens (including phenoxy) is 1. The quantitative estimate of drug-likeness (QED) is 0.845. The third kappa shape index (κ3) is 3.44. The molecular weight excluding hydrogens is 244 g/mol. The smallest absolute Gasteiger partial charge is 0.273 e. The van der Waals surface area contributed by atoms with Crippen LogP contribution in [0, 0.1) is 0 Å². The van der Waals surface area contributed by atoms with Crippen LogP contribution in [0.5, 0.6) is 5.75 Å². The van der Waals surface area contributed by atoms with Crippen LogP contribution in [0.15, 0.2) is 18.3 Å². The number of pyridine rings is 1. The maximum atomic E-state index is 12.1. The Morgan fingerprint density at radius 2 is 2.26 bits per heavy atom. The SMILES string of the molecule is CCOc1cccnc1C(=O)NCC1(O)CCCC1. The van der Waals surface area contributed by atoms with Gasteiger partial charge in [-0.05, 0) is 31.9 Å². The Balaban J connectivity index is 1.99. The standard InChI is InChI=1S/C14H20N2O3/c1-2-19-11-6-5-9-15-12(11)13(17)16-10-14(18)7-3-4-8-14/h5-6,9,18H,2-4,7-8,10H2,1H3,(H,16,17). The van der Waals surface area contributed by atoms with E-state index < -0.39 is 5.60 Å². The van der Waals surface area contributed by atoms with Gasteiger partial charge in [-0.1, -0.05) is 12.8 Å². The van der Waals surface area contributed by atoms with Crippen molar-refractivity contribution in [2.24, 2.45) is 0 Å². The number of amides is 1. The molecule has 2 N–H and O–H groups in total. The van der Waals surface area contributed by atoms with E-state index >= 15 is 0 Å². The van der Waals surface area contributed by atoms with Crippen LogP contribution in [0.2, 0.25) is 0 Å². The molecule has 104 valence electrons. The van der Waals surface area contributed by atoms with E-state index in [1.807, 2.05) is 6.92 Å². The minimum Gasteiger partial charge on any atom is -0.491 e. The molecule has 1 amide bonds. The summed E-state index contributed by atoms with van der Waals surface area (Å²) in [5, 5.41) is 12.9. The van der Waals surface area contributed by atoms with Gasteiger partial charge < -0.3 is 15.2 Å². The molecule has 1 aliphatic carbocycles. The van der Waals surface area contributed by atoms with Gasteiger partial charge in [-0.2, -0.15) is 0 Å². The second-order valence-corrected chi connectivity index (χ2v) is 4.90. The fourth-order valence-electron chi connectivity index (χ4n) is 2.37. The van der Waals surface area contributed by atoms with Crippen LogP contribution in [0.3, 0.4) is 0 Å². The van der Waals surface area contributed by atoms with Gasteiger partial charge in [-0.15, -0.1) is 0 Å². The molecule has 1 aromatic rings. The summed E-state index contributed by atoms with van der Waals surface area (Å²) in [4.78, 5) is 16.1. The minimum atomic E-state index is -0.754. The topological polar surface area (TPSA) is 71.5 Å². The molecule has 5 nitrogen and oxygen atoms in total. The fourth-order valence-corrected chi connectivity index (χ4v) is 2.37. The maximum Gasteiger partial charge on any atom is 0.273 e. The molecule has 1 aliphatic rings. The Morgan fingerprint density at radius 1 is 1.53 bits per heavy atom. The number of carbonyl (C=O) groups excluding carboxylic acids is 1. The number of nitrogens with one attached hydrogen (secondary N) is 1. The van der Waals surface area contributed by atoms with Gasteiger partial charge >= 0.3 is 0 Å². The lowest BCUT2D eigenvalue weighted by molar-refractivity contribution is 0.0447.